The van der Waals surface area contributed by atoms with Gasteiger partial charge in [0.1, 0.15) is 5.82 Å². The first-order valence-corrected chi connectivity index (χ1v) is 7.45. The number of hydrogen-bond acceptors (Lipinski definition) is 2. The summed E-state index contributed by atoms with van der Waals surface area (Å²) in [6, 6.07) is 16.5. The normalized spacial score (nSPS) is 10.3. The van der Waals surface area contributed by atoms with Crippen molar-refractivity contribution in [3.63, 3.8) is 0 Å². The Bertz CT molecular complexity index is 607. The molecule has 0 heterocycles. The van der Waals surface area contributed by atoms with E-state index >= 15 is 0 Å². The van der Waals surface area contributed by atoms with Gasteiger partial charge in [0.2, 0.25) is 0 Å². The van der Waals surface area contributed by atoms with Crippen LogP contribution in [-0.4, -0.2) is 30.3 Å². The Morgan fingerprint density at radius 3 is 2.50 bits per heavy atom. The van der Waals surface area contributed by atoms with Crippen LogP contribution in [0.25, 0.3) is 0 Å². The van der Waals surface area contributed by atoms with Crippen molar-refractivity contribution in [1.29, 1.82) is 0 Å². The van der Waals surface area contributed by atoms with Crippen LogP contribution >= 0.6 is 12.2 Å². The molecule has 0 unspecified atom stereocenters. The molecule has 22 heavy (non-hydrogen) atoms. The summed E-state index contributed by atoms with van der Waals surface area (Å²) in [6.45, 7) is 1.82. The van der Waals surface area contributed by atoms with Crippen molar-refractivity contribution in [2.45, 2.75) is 6.54 Å². The van der Waals surface area contributed by atoms with Crippen molar-refractivity contribution >= 4 is 23.0 Å². The third-order valence-electron chi connectivity index (χ3n) is 3.18. The van der Waals surface area contributed by atoms with E-state index < -0.39 is 0 Å². The van der Waals surface area contributed by atoms with Crippen molar-refractivity contribution < 1.29 is 9.13 Å². The molecule has 0 fully saturated rings. The minimum absolute atomic E-state index is 0.323. The molecule has 0 amide bonds. The maximum atomic E-state index is 13.7. The van der Waals surface area contributed by atoms with E-state index in [1.165, 1.54) is 6.07 Å². The maximum absolute atomic E-state index is 13.7. The van der Waals surface area contributed by atoms with Crippen molar-refractivity contribution in [3.8, 4) is 0 Å². The summed E-state index contributed by atoms with van der Waals surface area (Å²) in [6.07, 6.45) is 0. The van der Waals surface area contributed by atoms with Gasteiger partial charge in [0, 0.05) is 20.2 Å². The van der Waals surface area contributed by atoms with Gasteiger partial charge in [0.25, 0.3) is 0 Å². The summed E-state index contributed by atoms with van der Waals surface area (Å²) in [7, 11) is 1.65. The van der Waals surface area contributed by atoms with Gasteiger partial charge in [0.05, 0.1) is 12.3 Å². The number of thiocarbonyl (C=S) groups is 1. The van der Waals surface area contributed by atoms with E-state index in [0.717, 1.165) is 5.56 Å². The number of para-hydroxylation sites is 1. The van der Waals surface area contributed by atoms with Crippen LogP contribution in [0.4, 0.5) is 10.1 Å². The number of anilines is 1. The SMILES string of the molecule is COCCN(Cc1ccccc1)C(=S)Nc1ccccc1F. The van der Waals surface area contributed by atoms with Crippen molar-refractivity contribution in [1.82, 2.24) is 4.90 Å². The number of nitrogens with one attached hydrogen (secondary N) is 1. The maximum Gasteiger partial charge on any atom is 0.173 e. The topological polar surface area (TPSA) is 24.5 Å². The fraction of sp³-hybridized carbons (Fsp3) is 0.235. The molecule has 0 aliphatic heterocycles. The lowest BCUT2D eigenvalue weighted by atomic mass is 10.2. The Labute approximate surface area is 135 Å². The van der Waals surface area contributed by atoms with Gasteiger partial charge in [0.15, 0.2) is 5.11 Å². The van der Waals surface area contributed by atoms with Gasteiger partial charge in [-0.2, -0.15) is 0 Å². The minimum atomic E-state index is -0.323. The average molecular weight is 318 g/mol. The lowest BCUT2D eigenvalue weighted by molar-refractivity contribution is 0.175. The molecular formula is C17H19FN2OS. The molecule has 0 aliphatic rings. The lowest BCUT2D eigenvalue weighted by Gasteiger charge is -2.26. The fourth-order valence-corrected chi connectivity index (χ4v) is 2.28. The van der Waals surface area contributed by atoms with Crippen molar-refractivity contribution in [2.24, 2.45) is 0 Å². The molecule has 2 aromatic rings. The van der Waals surface area contributed by atoms with Crippen LogP contribution in [0.3, 0.4) is 0 Å². The van der Waals surface area contributed by atoms with Crippen LogP contribution in [0, 0.1) is 5.82 Å². The van der Waals surface area contributed by atoms with Gasteiger partial charge in [-0.15, -0.1) is 0 Å². The fourth-order valence-electron chi connectivity index (χ4n) is 2.01. The van der Waals surface area contributed by atoms with E-state index in [1.807, 2.05) is 35.2 Å². The number of rotatable bonds is 6. The first-order valence-electron chi connectivity index (χ1n) is 7.04. The second-order valence-electron chi connectivity index (χ2n) is 4.81. The number of halogens is 1. The molecule has 5 heteroatoms. The Kier molecular flexibility index (Phi) is 6.30. The summed E-state index contributed by atoms with van der Waals surface area (Å²) >= 11 is 5.42. The average Bonchev–Trinajstić information content (AvgIpc) is 2.54. The number of benzene rings is 2. The molecule has 0 aliphatic carbocycles. The van der Waals surface area contributed by atoms with Gasteiger partial charge in [-0.25, -0.2) is 4.39 Å². The summed E-state index contributed by atoms with van der Waals surface area (Å²) < 4.78 is 18.9. The van der Waals surface area contributed by atoms with E-state index in [9.17, 15) is 4.39 Å². The first-order chi connectivity index (χ1) is 10.7. The summed E-state index contributed by atoms with van der Waals surface area (Å²) in [5.74, 6) is -0.323. The summed E-state index contributed by atoms with van der Waals surface area (Å²) in [5, 5.41) is 3.44. The van der Waals surface area contributed by atoms with Gasteiger partial charge >= 0.3 is 0 Å². The van der Waals surface area contributed by atoms with E-state index in [4.69, 9.17) is 17.0 Å². The number of ether oxygens (including phenoxy) is 1. The molecule has 2 rings (SSSR count). The highest BCUT2D eigenvalue weighted by atomic mass is 32.1. The highest BCUT2D eigenvalue weighted by molar-refractivity contribution is 7.80. The smallest absolute Gasteiger partial charge is 0.173 e. The molecule has 0 spiro atoms. The second-order valence-corrected chi connectivity index (χ2v) is 5.20. The monoisotopic (exact) mass is 318 g/mol. The number of methoxy groups -OCH3 is 1. The van der Waals surface area contributed by atoms with Gasteiger partial charge < -0.3 is 15.0 Å². The largest absolute Gasteiger partial charge is 0.383 e. The van der Waals surface area contributed by atoms with Crippen LogP contribution in [0.15, 0.2) is 54.6 Å². The van der Waals surface area contributed by atoms with E-state index in [1.54, 1.807) is 25.3 Å². The van der Waals surface area contributed by atoms with Crippen molar-refractivity contribution in [3.05, 3.63) is 66.0 Å². The Morgan fingerprint density at radius 2 is 1.82 bits per heavy atom. The number of hydrogen-bond donors (Lipinski definition) is 1. The Morgan fingerprint density at radius 1 is 1.14 bits per heavy atom. The minimum Gasteiger partial charge on any atom is -0.383 e. The Hall–Kier alpha value is -1.98. The first kappa shape index (κ1) is 16.4. The van der Waals surface area contributed by atoms with E-state index in [2.05, 4.69) is 5.32 Å². The quantitative estimate of drug-likeness (QED) is 0.821. The third-order valence-corrected chi connectivity index (χ3v) is 3.54. The zero-order valence-corrected chi connectivity index (χ0v) is 13.3. The highest BCUT2D eigenvalue weighted by Crippen LogP contribution is 2.14. The summed E-state index contributed by atoms with van der Waals surface area (Å²) in [4.78, 5) is 1.96. The molecule has 2 aromatic carbocycles. The third kappa shape index (κ3) is 4.79. The second kappa shape index (κ2) is 8.46. The highest BCUT2D eigenvalue weighted by Gasteiger charge is 2.12. The van der Waals surface area contributed by atoms with Gasteiger partial charge in [-0.3, -0.25) is 0 Å². The molecule has 0 radical (unpaired) electrons. The molecule has 0 saturated heterocycles. The standard InChI is InChI=1S/C17H19FN2OS/c1-21-12-11-20(13-14-7-3-2-4-8-14)17(22)19-16-10-6-5-9-15(16)18/h2-10H,11-13H2,1H3,(H,19,22). The van der Waals surface area contributed by atoms with Gasteiger partial charge in [-0.1, -0.05) is 42.5 Å². The molecule has 0 aromatic heterocycles. The van der Waals surface area contributed by atoms with E-state index in [-0.39, 0.29) is 5.82 Å². The zero-order valence-electron chi connectivity index (χ0n) is 12.5. The predicted molar refractivity (Wildman–Crippen MR) is 91.3 cm³/mol. The molecular weight excluding hydrogens is 299 g/mol. The zero-order chi connectivity index (χ0) is 15.8. The lowest BCUT2D eigenvalue weighted by Crippen LogP contribution is -2.36. The number of nitrogens with zero attached hydrogens (tertiary/aromatic N) is 1. The summed E-state index contributed by atoms with van der Waals surface area (Å²) in [5.41, 5.74) is 1.51. The molecule has 0 bridgehead atoms. The van der Waals surface area contributed by atoms with Gasteiger partial charge in [-0.05, 0) is 29.9 Å². The molecule has 116 valence electrons. The molecule has 1 N–H and O–H groups in total. The predicted octanol–water partition coefficient (Wildman–Crippen LogP) is 3.67. The van der Waals surface area contributed by atoms with Crippen LogP contribution in [0.5, 0.6) is 0 Å². The molecule has 3 nitrogen and oxygen atoms in total. The van der Waals surface area contributed by atoms with Crippen molar-refractivity contribution in [2.75, 3.05) is 25.6 Å². The molecule has 0 saturated carbocycles. The van der Waals surface area contributed by atoms with Crippen LogP contribution in [0.1, 0.15) is 5.56 Å². The Balaban J connectivity index is 2.07. The van der Waals surface area contributed by atoms with Crippen LogP contribution in [-0.2, 0) is 11.3 Å². The van der Waals surface area contributed by atoms with Crippen LogP contribution < -0.4 is 5.32 Å². The van der Waals surface area contributed by atoms with E-state index in [0.29, 0.717) is 30.5 Å². The molecule has 0 atom stereocenters. The van der Waals surface area contributed by atoms with Crippen LogP contribution in [0.2, 0.25) is 0 Å².